The summed E-state index contributed by atoms with van der Waals surface area (Å²) in [6, 6.07) is 7.13. The third kappa shape index (κ3) is 1.09. The van der Waals surface area contributed by atoms with Crippen molar-refractivity contribution in [3.63, 3.8) is 0 Å². The molecule has 2 unspecified atom stereocenters. The van der Waals surface area contributed by atoms with Crippen molar-refractivity contribution in [1.29, 1.82) is 0 Å². The number of ketones is 1. The first-order valence-corrected chi connectivity index (χ1v) is 5.84. The monoisotopic (exact) mass is 246 g/mol. The Bertz CT molecular complexity index is 589. The van der Waals surface area contributed by atoms with Gasteiger partial charge >= 0.3 is 0 Å². The second-order valence-corrected chi connectivity index (χ2v) is 4.93. The molecule has 0 saturated carbocycles. The molecule has 0 radical (unpaired) electrons. The molecule has 4 nitrogen and oxygen atoms in total. The highest BCUT2D eigenvalue weighted by atomic mass is 16.7. The smallest absolute Gasteiger partial charge is 0.268 e. The molecule has 0 aromatic heterocycles. The van der Waals surface area contributed by atoms with Crippen LogP contribution in [0.2, 0.25) is 0 Å². The highest BCUT2D eigenvalue weighted by Crippen LogP contribution is 2.54. The Kier molecular flexibility index (Phi) is 2.04. The van der Waals surface area contributed by atoms with E-state index >= 15 is 0 Å². The van der Waals surface area contributed by atoms with E-state index < -0.39 is 11.4 Å². The van der Waals surface area contributed by atoms with Crippen molar-refractivity contribution >= 4 is 5.78 Å². The molecule has 3 rings (SSSR count). The minimum atomic E-state index is -1.84. The maximum absolute atomic E-state index is 11.7. The van der Waals surface area contributed by atoms with Crippen LogP contribution in [0.15, 0.2) is 35.6 Å². The van der Waals surface area contributed by atoms with E-state index in [2.05, 4.69) is 0 Å². The van der Waals surface area contributed by atoms with Gasteiger partial charge in [-0.05, 0) is 19.4 Å². The zero-order valence-corrected chi connectivity index (χ0v) is 10.2. The van der Waals surface area contributed by atoms with Crippen LogP contribution in [0.3, 0.4) is 0 Å². The number of hydrogen-bond acceptors (Lipinski definition) is 4. The quantitative estimate of drug-likeness (QED) is 0.776. The van der Waals surface area contributed by atoms with E-state index in [-0.39, 0.29) is 17.8 Å². The summed E-state index contributed by atoms with van der Waals surface area (Å²) in [6.07, 6.45) is 0.186. The zero-order valence-electron chi connectivity index (χ0n) is 10.2. The Morgan fingerprint density at radius 2 is 2.00 bits per heavy atom. The van der Waals surface area contributed by atoms with Crippen LogP contribution >= 0.6 is 0 Å². The Balaban J connectivity index is 2.23. The van der Waals surface area contributed by atoms with Gasteiger partial charge in [-0.1, -0.05) is 24.3 Å². The van der Waals surface area contributed by atoms with Crippen molar-refractivity contribution in [2.45, 2.75) is 31.7 Å². The number of hydrogen-bond donors (Lipinski definition) is 2. The number of fused-ring (bicyclic) bond motifs is 3. The summed E-state index contributed by atoms with van der Waals surface area (Å²) in [5.41, 5.74) is -0.176. The summed E-state index contributed by atoms with van der Waals surface area (Å²) in [4.78, 5) is 11.7. The Morgan fingerprint density at radius 1 is 1.33 bits per heavy atom. The van der Waals surface area contributed by atoms with Crippen molar-refractivity contribution in [3.05, 3.63) is 46.7 Å². The molecular weight excluding hydrogens is 232 g/mol. The lowest BCUT2D eigenvalue weighted by Crippen LogP contribution is -2.48. The third-order valence-electron chi connectivity index (χ3n) is 3.81. The molecule has 18 heavy (non-hydrogen) atoms. The fourth-order valence-corrected chi connectivity index (χ4v) is 3.12. The molecule has 0 fully saturated rings. The van der Waals surface area contributed by atoms with Gasteiger partial charge in [-0.15, -0.1) is 0 Å². The number of benzene rings is 1. The standard InChI is InChI=1S/C14H14O4/c1-8(15)12-9(2)18-14(17)11-6-4-3-5-10(11)7-13(12,14)16/h3-6,16-17H,7H2,1-2H3. The second-order valence-electron chi connectivity index (χ2n) is 4.93. The van der Waals surface area contributed by atoms with Crippen LogP contribution in [0.1, 0.15) is 25.0 Å². The van der Waals surface area contributed by atoms with Crippen molar-refractivity contribution in [2.24, 2.45) is 0 Å². The molecule has 0 saturated heterocycles. The second kappa shape index (κ2) is 3.22. The Hall–Kier alpha value is -1.65. The van der Waals surface area contributed by atoms with E-state index in [1.807, 2.05) is 12.1 Å². The number of carbonyl (C=O) groups is 1. The van der Waals surface area contributed by atoms with E-state index in [1.54, 1.807) is 19.1 Å². The van der Waals surface area contributed by atoms with Gasteiger partial charge in [0.05, 0.1) is 5.57 Å². The molecule has 94 valence electrons. The molecule has 0 amide bonds. The SMILES string of the molecule is CC(=O)C1=C(C)OC2(O)c3ccccc3CC12O. The van der Waals surface area contributed by atoms with Crippen molar-refractivity contribution < 1.29 is 19.7 Å². The van der Waals surface area contributed by atoms with Crippen LogP contribution in [0.25, 0.3) is 0 Å². The van der Waals surface area contributed by atoms with E-state index in [1.165, 1.54) is 6.92 Å². The summed E-state index contributed by atoms with van der Waals surface area (Å²) in [6.45, 7) is 2.96. The molecule has 2 N–H and O–H groups in total. The van der Waals surface area contributed by atoms with Crippen LogP contribution in [-0.4, -0.2) is 21.6 Å². The summed E-state index contributed by atoms with van der Waals surface area (Å²) >= 11 is 0. The summed E-state index contributed by atoms with van der Waals surface area (Å²) in [7, 11) is 0. The third-order valence-corrected chi connectivity index (χ3v) is 3.81. The van der Waals surface area contributed by atoms with Gasteiger partial charge in [-0.25, -0.2) is 0 Å². The molecule has 2 aliphatic rings. The molecule has 2 atom stereocenters. The van der Waals surface area contributed by atoms with Gasteiger partial charge < -0.3 is 14.9 Å². The minimum Gasteiger partial charge on any atom is -0.459 e. The van der Waals surface area contributed by atoms with Crippen molar-refractivity contribution in [2.75, 3.05) is 0 Å². The molecule has 1 aromatic rings. The molecule has 0 spiro atoms. The number of rotatable bonds is 1. The first-order valence-electron chi connectivity index (χ1n) is 5.84. The summed E-state index contributed by atoms with van der Waals surface area (Å²) in [5, 5.41) is 21.4. The van der Waals surface area contributed by atoms with Gasteiger partial charge in [-0.2, -0.15) is 0 Å². The number of carbonyl (C=O) groups excluding carboxylic acids is 1. The van der Waals surface area contributed by atoms with Gasteiger partial charge in [0.1, 0.15) is 5.76 Å². The van der Waals surface area contributed by atoms with Crippen LogP contribution in [-0.2, 0) is 21.7 Å². The number of allylic oxidation sites excluding steroid dienone is 1. The maximum atomic E-state index is 11.7. The number of aliphatic hydroxyl groups is 2. The molecule has 1 aliphatic heterocycles. The van der Waals surface area contributed by atoms with Gasteiger partial charge in [-0.3, -0.25) is 4.79 Å². The fraction of sp³-hybridized carbons (Fsp3) is 0.357. The lowest BCUT2D eigenvalue weighted by molar-refractivity contribution is -0.249. The molecule has 4 heteroatoms. The van der Waals surface area contributed by atoms with Crippen LogP contribution in [0.5, 0.6) is 0 Å². The Labute approximate surface area is 105 Å². The summed E-state index contributed by atoms with van der Waals surface area (Å²) in [5.74, 6) is -1.82. The van der Waals surface area contributed by atoms with E-state index in [0.717, 1.165) is 5.56 Å². The van der Waals surface area contributed by atoms with Gasteiger partial charge in [0.15, 0.2) is 11.4 Å². The van der Waals surface area contributed by atoms with Crippen LogP contribution < -0.4 is 0 Å². The average molecular weight is 246 g/mol. The molecular formula is C14H14O4. The topological polar surface area (TPSA) is 66.8 Å². The van der Waals surface area contributed by atoms with Crippen molar-refractivity contribution in [3.8, 4) is 0 Å². The first-order chi connectivity index (χ1) is 8.40. The largest absolute Gasteiger partial charge is 0.459 e. The normalized spacial score (nSPS) is 33.1. The number of Topliss-reactive ketones (excluding diaryl/α,β-unsaturated/α-hetero) is 1. The molecule has 0 bridgehead atoms. The van der Waals surface area contributed by atoms with Gasteiger partial charge in [0.2, 0.25) is 0 Å². The van der Waals surface area contributed by atoms with Gasteiger partial charge in [0.25, 0.3) is 5.79 Å². The molecule has 1 aromatic carbocycles. The average Bonchev–Trinajstić information content (AvgIpc) is 2.59. The number of ether oxygens (including phenoxy) is 1. The predicted molar refractivity (Wildman–Crippen MR) is 63.5 cm³/mol. The Morgan fingerprint density at radius 3 is 2.67 bits per heavy atom. The highest BCUT2D eigenvalue weighted by Gasteiger charge is 2.66. The van der Waals surface area contributed by atoms with Gasteiger partial charge in [0, 0.05) is 12.0 Å². The summed E-state index contributed by atoms with van der Waals surface area (Å²) < 4.78 is 5.44. The molecule has 1 heterocycles. The fourth-order valence-electron chi connectivity index (χ4n) is 3.12. The minimum absolute atomic E-state index is 0.168. The maximum Gasteiger partial charge on any atom is 0.268 e. The van der Waals surface area contributed by atoms with Crippen LogP contribution in [0.4, 0.5) is 0 Å². The highest BCUT2D eigenvalue weighted by molar-refractivity contribution is 5.97. The first kappa shape index (κ1) is 11.4. The van der Waals surface area contributed by atoms with E-state index in [9.17, 15) is 15.0 Å². The zero-order chi connectivity index (χ0) is 13.1. The van der Waals surface area contributed by atoms with E-state index in [0.29, 0.717) is 11.3 Å². The lowest BCUT2D eigenvalue weighted by Gasteiger charge is -2.31. The molecule has 1 aliphatic carbocycles. The van der Waals surface area contributed by atoms with Crippen molar-refractivity contribution in [1.82, 2.24) is 0 Å². The van der Waals surface area contributed by atoms with Crippen LogP contribution in [0, 0.1) is 0 Å². The van der Waals surface area contributed by atoms with E-state index in [4.69, 9.17) is 4.74 Å². The lowest BCUT2D eigenvalue weighted by atomic mass is 9.85. The predicted octanol–water partition coefficient (Wildman–Crippen LogP) is 1.01.